The first-order chi connectivity index (χ1) is 3.79. The van der Waals surface area contributed by atoms with Gasteiger partial charge < -0.3 is 10.4 Å². The zero-order chi connectivity index (χ0) is 5.98. The first kappa shape index (κ1) is 6.05. The van der Waals surface area contributed by atoms with E-state index in [1.54, 1.807) is 0 Å². The van der Waals surface area contributed by atoms with Crippen molar-refractivity contribution >= 4 is 0 Å². The van der Waals surface area contributed by atoms with Gasteiger partial charge in [0.2, 0.25) is 0 Å². The average Bonchev–Trinajstić information content (AvgIpc) is 1.77. The molecule has 1 fully saturated rings. The maximum Gasteiger partial charge on any atom is 0.0665 e. The van der Waals surface area contributed by atoms with Gasteiger partial charge in [0.05, 0.1) is 6.10 Å². The highest BCUT2D eigenvalue weighted by Crippen LogP contribution is 2.05. The summed E-state index contributed by atoms with van der Waals surface area (Å²) >= 11 is 0. The molecule has 1 aliphatic rings. The molecule has 0 radical (unpaired) electrons. The Hall–Kier alpha value is -0.0800. The van der Waals surface area contributed by atoms with Crippen molar-refractivity contribution in [3.05, 3.63) is 0 Å². The predicted octanol–water partition coefficient (Wildman–Crippen LogP) is 0.119. The van der Waals surface area contributed by atoms with Crippen molar-refractivity contribution in [2.45, 2.75) is 31.9 Å². The molecule has 0 aromatic heterocycles. The van der Waals surface area contributed by atoms with Gasteiger partial charge in [0, 0.05) is 12.6 Å². The fraction of sp³-hybridized carbons (Fsp3) is 1.00. The van der Waals surface area contributed by atoms with E-state index in [0.717, 1.165) is 19.4 Å². The number of rotatable bonds is 0. The first-order valence-corrected chi connectivity index (χ1v) is 3.20. The second-order valence-electron chi connectivity index (χ2n) is 2.54. The molecule has 0 aromatic rings. The molecule has 1 heterocycles. The van der Waals surface area contributed by atoms with Crippen molar-refractivity contribution in [1.29, 1.82) is 0 Å². The van der Waals surface area contributed by atoms with E-state index in [1.165, 1.54) is 0 Å². The number of hydrogen-bond donors (Lipinski definition) is 2. The van der Waals surface area contributed by atoms with Crippen LogP contribution in [0.25, 0.3) is 0 Å². The Balaban J connectivity index is 2.19. The summed E-state index contributed by atoms with van der Waals surface area (Å²) in [6, 6.07) is 0.610. The summed E-state index contributed by atoms with van der Waals surface area (Å²) in [4.78, 5) is 0. The average molecular weight is 115 g/mol. The van der Waals surface area contributed by atoms with E-state index in [0.29, 0.717) is 6.04 Å². The van der Waals surface area contributed by atoms with Crippen LogP contribution in [0.3, 0.4) is 0 Å². The molecule has 0 saturated carbocycles. The van der Waals surface area contributed by atoms with Gasteiger partial charge in [-0.2, -0.15) is 0 Å². The van der Waals surface area contributed by atoms with Crippen LogP contribution < -0.4 is 5.32 Å². The van der Waals surface area contributed by atoms with E-state index in [2.05, 4.69) is 12.2 Å². The highest BCUT2D eigenvalue weighted by molar-refractivity contribution is 4.72. The standard InChI is InChI=1S/C6H13NO/c1-5-2-3-6(8)4-7-5/h5-8H,2-4H2,1H3/t5-,6-/m1/s1. The summed E-state index contributed by atoms with van der Waals surface area (Å²) < 4.78 is 0. The monoisotopic (exact) mass is 115 g/mol. The number of aliphatic hydroxyl groups excluding tert-OH is 1. The SMILES string of the molecule is C[C@@H]1CC[C@@H](O)CN1. The van der Waals surface area contributed by atoms with Gasteiger partial charge in [-0.15, -0.1) is 0 Å². The molecule has 0 unspecified atom stereocenters. The van der Waals surface area contributed by atoms with Crippen LogP contribution in [0.1, 0.15) is 19.8 Å². The smallest absolute Gasteiger partial charge is 0.0665 e. The fourth-order valence-corrected chi connectivity index (χ4v) is 0.984. The maximum absolute atomic E-state index is 8.96. The molecule has 2 heteroatoms. The van der Waals surface area contributed by atoms with E-state index in [4.69, 9.17) is 5.11 Å². The van der Waals surface area contributed by atoms with Gasteiger partial charge in [-0.1, -0.05) is 0 Å². The van der Waals surface area contributed by atoms with Crippen LogP contribution in [0, 0.1) is 0 Å². The molecule has 8 heavy (non-hydrogen) atoms. The zero-order valence-corrected chi connectivity index (χ0v) is 5.22. The van der Waals surface area contributed by atoms with Crippen LogP contribution in [0.5, 0.6) is 0 Å². The Kier molecular flexibility index (Phi) is 1.86. The lowest BCUT2D eigenvalue weighted by Crippen LogP contribution is -2.39. The molecule has 0 bridgehead atoms. The molecule has 1 rings (SSSR count). The molecule has 0 amide bonds. The zero-order valence-electron chi connectivity index (χ0n) is 5.22. The Morgan fingerprint density at radius 3 is 2.62 bits per heavy atom. The van der Waals surface area contributed by atoms with Gasteiger partial charge in [0.25, 0.3) is 0 Å². The van der Waals surface area contributed by atoms with Crippen LogP contribution in [0.4, 0.5) is 0 Å². The Morgan fingerprint density at radius 2 is 2.25 bits per heavy atom. The van der Waals surface area contributed by atoms with Crippen LogP contribution in [0.2, 0.25) is 0 Å². The van der Waals surface area contributed by atoms with Crippen molar-refractivity contribution in [2.75, 3.05) is 6.54 Å². The molecule has 0 spiro atoms. The lowest BCUT2D eigenvalue weighted by atomic mass is 10.0. The van der Waals surface area contributed by atoms with Crippen molar-refractivity contribution in [2.24, 2.45) is 0 Å². The molecule has 1 aliphatic heterocycles. The van der Waals surface area contributed by atoms with Crippen LogP contribution in [-0.2, 0) is 0 Å². The second kappa shape index (κ2) is 2.46. The van der Waals surface area contributed by atoms with Crippen LogP contribution in [-0.4, -0.2) is 23.8 Å². The third-order valence-electron chi connectivity index (χ3n) is 1.63. The quantitative estimate of drug-likeness (QED) is 0.470. The Labute approximate surface area is 49.9 Å². The minimum absolute atomic E-state index is 0.0915. The Morgan fingerprint density at radius 1 is 1.50 bits per heavy atom. The van der Waals surface area contributed by atoms with Crippen molar-refractivity contribution < 1.29 is 5.11 Å². The maximum atomic E-state index is 8.96. The second-order valence-corrected chi connectivity index (χ2v) is 2.54. The van der Waals surface area contributed by atoms with E-state index < -0.39 is 0 Å². The normalized spacial score (nSPS) is 39.8. The molecule has 2 N–H and O–H groups in total. The van der Waals surface area contributed by atoms with Crippen molar-refractivity contribution in [3.63, 3.8) is 0 Å². The number of β-amino-alcohol motifs (C(OH)–C–C–N with tert-alkyl or cyclic N) is 1. The summed E-state index contributed by atoms with van der Waals surface area (Å²) in [5.41, 5.74) is 0. The minimum atomic E-state index is -0.0915. The summed E-state index contributed by atoms with van der Waals surface area (Å²) in [6.45, 7) is 2.92. The largest absolute Gasteiger partial charge is 0.392 e. The van der Waals surface area contributed by atoms with E-state index in [1.807, 2.05) is 0 Å². The predicted molar refractivity (Wildman–Crippen MR) is 32.7 cm³/mol. The van der Waals surface area contributed by atoms with Gasteiger partial charge in [-0.25, -0.2) is 0 Å². The van der Waals surface area contributed by atoms with Crippen molar-refractivity contribution in [3.8, 4) is 0 Å². The lowest BCUT2D eigenvalue weighted by Gasteiger charge is -2.23. The molecular weight excluding hydrogens is 102 g/mol. The summed E-state index contributed by atoms with van der Waals surface area (Å²) in [5.74, 6) is 0. The number of nitrogens with one attached hydrogen (secondary N) is 1. The summed E-state index contributed by atoms with van der Waals surface area (Å²) in [7, 11) is 0. The van der Waals surface area contributed by atoms with Crippen LogP contribution in [0.15, 0.2) is 0 Å². The lowest BCUT2D eigenvalue weighted by molar-refractivity contribution is 0.129. The van der Waals surface area contributed by atoms with Crippen molar-refractivity contribution in [1.82, 2.24) is 5.32 Å². The van der Waals surface area contributed by atoms with Gasteiger partial charge >= 0.3 is 0 Å². The van der Waals surface area contributed by atoms with Gasteiger partial charge in [-0.05, 0) is 19.8 Å². The molecule has 48 valence electrons. The minimum Gasteiger partial charge on any atom is -0.392 e. The number of piperidine rings is 1. The first-order valence-electron chi connectivity index (χ1n) is 3.20. The molecule has 0 aromatic carbocycles. The topological polar surface area (TPSA) is 32.3 Å². The molecular formula is C6H13NO. The van der Waals surface area contributed by atoms with E-state index in [-0.39, 0.29) is 6.10 Å². The number of hydrogen-bond acceptors (Lipinski definition) is 2. The summed E-state index contributed by atoms with van der Waals surface area (Å²) in [6.07, 6.45) is 1.99. The van der Waals surface area contributed by atoms with Gasteiger partial charge in [0.15, 0.2) is 0 Å². The molecule has 2 nitrogen and oxygen atoms in total. The van der Waals surface area contributed by atoms with E-state index in [9.17, 15) is 0 Å². The fourth-order valence-electron chi connectivity index (χ4n) is 0.984. The molecule has 1 saturated heterocycles. The van der Waals surface area contributed by atoms with Gasteiger partial charge in [0.1, 0.15) is 0 Å². The number of aliphatic hydroxyl groups is 1. The highest BCUT2D eigenvalue weighted by atomic mass is 16.3. The highest BCUT2D eigenvalue weighted by Gasteiger charge is 2.13. The van der Waals surface area contributed by atoms with Crippen LogP contribution >= 0.6 is 0 Å². The van der Waals surface area contributed by atoms with E-state index >= 15 is 0 Å². The van der Waals surface area contributed by atoms with Gasteiger partial charge in [-0.3, -0.25) is 0 Å². The third-order valence-corrected chi connectivity index (χ3v) is 1.63. The molecule has 0 aliphatic carbocycles. The Bertz CT molecular complexity index is 56.9. The third kappa shape index (κ3) is 1.46. The molecule has 2 atom stereocenters. The summed E-state index contributed by atoms with van der Waals surface area (Å²) in [5, 5.41) is 12.1.